The molecule has 0 aliphatic rings. The van der Waals surface area contributed by atoms with Crippen molar-refractivity contribution in [1.29, 1.82) is 5.26 Å². The van der Waals surface area contributed by atoms with Crippen molar-refractivity contribution in [2.45, 2.75) is 6.92 Å². The Morgan fingerprint density at radius 3 is 2.47 bits per heavy atom. The van der Waals surface area contributed by atoms with Crippen molar-refractivity contribution < 1.29 is 0 Å². The van der Waals surface area contributed by atoms with Crippen molar-refractivity contribution in [2.75, 3.05) is 5.73 Å². The molecule has 0 saturated carbocycles. The van der Waals surface area contributed by atoms with Crippen molar-refractivity contribution in [3.8, 4) is 17.3 Å². The maximum atomic E-state index is 8.91. The van der Waals surface area contributed by atoms with E-state index in [-0.39, 0.29) is 0 Å². The van der Waals surface area contributed by atoms with Crippen molar-refractivity contribution in [3.63, 3.8) is 0 Å². The molecule has 3 nitrogen and oxygen atoms in total. The van der Waals surface area contributed by atoms with E-state index >= 15 is 0 Å². The molecule has 0 aliphatic heterocycles. The molecule has 0 radical (unpaired) electrons. The molecule has 1 aromatic carbocycles. The highest BCUT2D eigenvalue weighted by atomic mass is 14.9. The lowest BCUT2D eigenvalue weighted by atomic mass is 10.1. The summed E-state index contributed by atoms with van der Waals surface area (Å²) in [5.41, 5.74) is 9.12. The van der Waals surface area contributed by atoms with Gasteiger partial charge in [-0.2, -0.15) is 5.26 Å². The van der Waals surface area contributed by atoms with Gasteiger partial charge >= 0.3 is 0 Å². The zero-order valence-corrected chi connectivity index (χ0v) is 8.41. The first kappa shape index (κ1) is 9.35. The average Bonchev–Trinajstić information content (AvgIpc) is 2.55. The van der Waals surface area contributed by atoms with Gasteiger partial charge in [0.2, 0.25) is 0 Å². The Morgan fingerprint density at radius 1 is 1.27 bits per heavy atom. The Hall–Kier alpha value is -2.21. The van der Waals surface area contributed by atoms with Crippen LogP contribution in [0.3, 0.4) is 0 Å². The van der Waals surface area contributed by atoms with E-state index in [1.54, 1.807) is 0 Å². The number of benzene rings is 1. The zero-order valence-electron chi connectivity index (χ0n) is 8.41. The van der Waals surface area contributed by atoms with Crippen molar-refractivity contribution in [1.82, 2.24) is 4.98 Å². The molecule has 3 N–H and O–H groups in total. The summed E-state index contributed by atoms with van der Waals surface area (Å²) in [4.78, 5) is 3.04. The molecule has 0 aliphatic carbocycles. The van der Waals surface area contributed by atoms with E-state index in [1.165, 1.54) is 0 Å². The smallest absolute Gasteiger partial charge is 0.119 e. The number of nitrogens with one attached hydrogen (secondary N) is 1. The maximum absolute atomic E-state index is 8.91. The largest absolute Gasteiger partial charge is 0.384 e. The molecule has 74 valence electrons. The van der Waals surface area contributed by atoms with Gasteiger partial charge in [0.1, 0.15) is 11.9 Å². The Balaban J connectivity index is 2.62. The number of hydrogen-bond donors (Lipinski definition) is 2. The SMILES string of the molecule is Cc1c(-c2ccccc2)[nH]c(N)c1C#N. The van der Waals surface area contributed by atoms with Gasteiger partial charge in [-0.1, -0.05) is 30.3 Å². The average molecular weight is 197 g/mol. The molecule has 2 rings (SSSR count). The molecule has 0 bridgehead atoms. The molecule has 3 heteroatoms. The number of nitrogens with zero attached hydrogens (tertiary/aromatic N) is 1. The number of rotatable bonds is 1. The summed E-state index contributed by atoms with van der Waals surface area (Å²) < 4.78 is 0. The highest BCUT2D eigenvalue weighted by Crippen LogP contribution is 2.27. The highest BCUT2D eigenvalue weighted by Gasteiger charge is 2.12. The Kier molecular flexibility index (Phi) is 2.18. The molecule has 0 fully saturated rings. The van der Waals surface area contributed by atoms with E-state index in [4.69, 9.17) is 11.0 Å². The maximum Gasteiger partial charge on any atom is 0.119 e. The van der Waals surface area contributed by atoms with Gasteiger partial charge in [-0.15, -0.1) is 0 Å². The van der Waals surface area contributed by atoms with Crippen LogP contribution in [0.5, 0.6) is 0 Å². The number of hydrogen-bond acceptors (Lipinski definition) is 2. The van der Waals surface area contributed by atoms with Crippen LogP contribution >= 0.6 is 0 Å². The van der Waals surface area contributed by atoms with Crippen LogP contribution in [0.4, 0.5) is 5.82 Å². The normalized spacial score (nSPS) is 9.87. The van der Waals surface area contributed by atoms with Crippen molar-refractivity contribution in [2.24, 2.45) is 0 Å². The third kappa shape index (κ3) is 1.46. The summed E-state index contributed by atoms with van der Waals surface area (Å²) in [7, 11) is 0. The topological polar surface area (TPSA) is 65.6 Å². The number of aromatic nitrogens is 1. The number of nitrogens with two attached hydrogens (primary N) is 1. The second-order valence-corrected chi connectivity index (χ2v) is 3.39. The van der Waals surface area contributed by atoms with Gasteiger partial charge in [0.15, 0.2) is 0 Å². The second-order valence-electron chi connectivity index (χ2n) is 3.39. The van der Waals surface area contributed by atoms with E-state index in [2.05, 4.69) is 11.1 Å². The lowest BCUT2D eigenvalue weighted by Gasteiger charge is -1.98. The number of anilines is 1. The number of nitrogen functional groups attached to an aromatic ring is 1. The van der Waals surface area contributed by atoms with E-state index in [9.17, 15) is 0 Å². The number of nitriles is 1. The quantitative estimate of drug-likeness (QED) is 0.737. The predicted octanol–water partition coefficient (Wildman–Crippen LogP) is 2.44. The van der Waals surface area contributed by atoms with Gasteiger partial charge in [0.05, 0.1) is 11.3 Å². The number of H-pyrrole nitrogens is 1. The predicted molar refractivity (Wildman–Crippen MR) is 60.1 cm³/mol. The molecule has 15 heavy (non-hydrogen) atoms. The van der Waals surface area contributed by atoms with E-state index in [0.29, 0.717) is 11.4 Å². The fraction of sp³-hybridized carbons (Fsp3) is 0.0833. The van der Waals surface area contributed by atoms with E-state index in [0.717, 1.165) is 16.8 Å². The standard InChI is InChI=1S/C12H11N3/c1-8-10(7-13)12(14)15-11(8)9-5-3-2-4-6-9/h2-6,15H,14H2,1H3. The molecular formula is C12H11N3. The fourth-order valence-electron chi connectivity index (χ4n) is 1.66. The zero-order chi connectivity index (χ0) is 10.8. The minimum atomic E-state index is 0.439. The molecule has 0 saturated heterocycles. The third-order valence-corrected chi connectivity index (χ3v) is 2.45. The van der Waals surface area contributed by atoms with Gasteiger partial charge in [0.25, 0.3) is 0 Å². The second kappa shape index (κ2) is 3.50. The van der Waals surface area contributed by atoms with Gasteiger partial charge in [-0.3, -0.25) is 0 Å². The van der Waals surface area contributed by atoms with Crippen molar-refractivity contribution >= 4 is 5.82 Å². The van der Waals surface area contributed by atoms with Crippen LogP contribution in [-0.4, -0.2) is 4.98 Å². The fourth-order valence-corrected chi connectivity index (χ4v) is 1.66. The van der Waals surface area contributed by atoms with Gasteiger partial charge in [-0.05, 0) is 18.1 Å². The first-order valence-electron chi connectivity index (χ1n) is 4.67. The van der Waals surface area contributed by atoms with E-state index < -0.39 is 0 Å². The van der Waals surface area contributed by atoms with E-state index in [1.807, 2.05) is 37.3 Å². The summed E-state index contributed by atoms with van der Waals surface area (Å²) in [5.74, 6) is 0.439. The van der Waals surface area contributed by atoms with Crippen LogP contribution in [0.1, 0.15) is 11.1 Å². The van der Waals surface area contributed by atoms with Gasteiger partial charge < -0.3 is 10.7 Å². The minimum Gasteiger partial charge on any atom is -0.384 e. The lowest BCUT2D eigenvalue weighted by Crippen LogP contribution is -1.86. The van der Waals surface area contributed by atoms with Crippen LogP contribution in [0.2, 0.25) is 0 Å². The molecule has 0 amide bonds. The Morgan fingerprint density at radius 2 is 1.93 bits per heavy atom. The molecule has 0 unspecified atom stereocenters. The minimum absolute atomic E-state index is 0.439. The van der Waals surface area contributed by atoms with Crippen LogP contribution in [0.25, 0.3) is 11.3 Å². The lowest BCUT2D eigenvalue weighted by molar-refractivity contribution is 1.38. The van der Waals surface area contributed by atoms with Crippen LogP contribution in [-0.2, 0) is 0 Å². The summed E-state index contributed by atoms with van der Waals surface area (Å²) in [6.45, 7) is 1.90. The molecule has 1 heterocycles. The van der Waals surface area contributed by atoms with Crippen LogP contribution in [0.15, 0.2) is 30.3 Å². The first-order valence-corrected chi connectivity index (χ1v) is 4.67. The molecule has 0 spiro atoms. The van der Waals surface area contributed by atoms with Gasteiger partial charge in [0, 0.05) is 0 Å². The molecule has 1 aromatic heterocycles. The summed E-state index contributed by atoms with van der Waals surface area (Å²) in [6.07, 6.45) is 0. The first-order chi connectivity index (χ1) is 7.24. The third-order valence-electron chi connectivity index (χ3n) is 2.45. The molecule has 0 atom stereocenters. The number of aromatic amines is 1. The summed E-state index contributed by atoms with van der Waals surface area (Å²) in [5, 5.41) is 8.91. The van der Waals surface area contributed by atoms with Crippen molar-refractivity contribution in [3.05, 3.63) is 41.5 Å². The monoisotopic (exact) mass is 197 g/mol. The summed E-state index contributed by atoms with van der Waals surface area (Å²) in [6, 6.07) is 11.9. The summed E-state index contributed by atoms with van der Waals surface area (Å²) >= 11 is 0. The molecule has 2 aromatic rings. The molecular weight excluding hydrogens is 186 g/mol. The van der Waals surface area contributed by atoms with Crippen LogP contribution in [0, 0.1) is 18.3 Å². The highest BCUT2D eigenvalue weighted by molar-refractivity contribution is 5.72. The Labute approximate surface area is 88.2 Å². The Bertz CT molecular complexity index is 518. The van der Waals surface area contributed by atoms with Crippen LogP contribution < -0.4 is 5.73 Å². The van der Waals surface area contributed by atoms with Gasteiger partial charge in [-0.25, -0.2) is 0 Å².